The predicted octanol–water partition coefficient (Wildman–Crippen LogP) is 2.39. The smallest absolute Gasteiger partial charge is 0.329 e. The van der Waals surface area contributed by atoms with Crippen molar-refractivity contribution < 1.29 is 19.1 Å². The average Bonchev–Trinajstić information content (AvgIpc) is 3.13. The van der Waals surface area contributed by atoms with E-state index in [2.05, 4.69) is 74.6 Å². The summed E-state index contributed by atoms with van der Waals surface area (Å²) in [4.78, 5) is 10.7. The molecule has 0 spiro atoms. The van der Waals surface area contributed by atoms with Crippen molar-refractivity contribution >= 4 is 24.7 Å². The molecular formula is C23H31NO4Si. The topological polar surface area (TPSA) is 67.8 Å². The van der Waals surface area contributed by atoms with E-state index in [1.165, 1.54) is 10.4 Å². The molecule has 0 unspecified atom stereocenters. The van der Waals surface area contributed by atoms with Gasteiger partial charge in [-0.2, -0.15) is 0 Å². The molecule has 1 fully saturated rings. The Morgan fingerprint density at radius 1 is 1.07 bits per heavy atom. The maximum absolute atomic E-state index is 10.7. The van der Waals surface area contributed by atoms with E-state index in [-0.39, 0.29) is 23.8 Å². The second kappa shape index (κ2) is 9.22. The van der Waals surface area contributed by atoms with Crippen LogP contribution >= 0.6 is 0 Å². The van der Waals surface area contributed by atoms with Crippen LogP contribution in [0.15, 0.2) is 60.7 Å². The van der Waals surface area contributed by atoms with Crippen LogP contribution in [0.5, 0.6) is 0 Å². The predicted molar refractivity (Wildman–Crippen MR) is 117 cm³/mol. The summed E-state index contributed by atoms with van der Waals surface area (Å²) < 4.78 is 12.4. The highest BCUT2D eigenvalue weighted by Gasteiger charge is 2.52. The second-order valence-corrected chi connectivity index (χ2v) is 12.9. The van der Waals surface area contributed by atoms with E-state index in [9.17, 15) is 4.79 Å². The molecule has 5 nitrogen and oxygen atoms in total. The zero-order valence-corrected chi connectivity index (χ0v) is 18.4. The van der Waals surface area contributed by atoms with Crippen molar-refractivity contribution in [1.82, 2.24) is 5.32 Å². The molecule has 3 rings (SSSR count). The molecule has 1 heterocycles. The minimum absolute atomic E-state index is 0.0553. The zero-order chi connectivity index (χ0) is 20.9. The number of benzene rings is 2. The summed E-state index contributed by atoms with van der Waals surface area (Å²) >= 11 is 0. The van der Waals surface area contributed by atoms with E-state index in [0.717, 1.165) is 13.0 Å². The van der Waals surface area contributed by atoms with Gasteiger partial charge in [-0.15, -0.1) is 0 Å². The Labute approximate surface area is 174 Å². The summed E-state index contributed by atoms with van der Waals surface area (Å²) in [6, 6.07) is 21.3. The molecule has 0 aliphatic carbocycles. The first-order valence-electron chi connectivity index (χ1n) is 10.1. The fourth-order valence-electron chi connectivity index (χ4n) is 4.23. The molecule has 0 aromatic heterocycles. The van der Waals surface area contributed by atoms with Crippen LogP contribution in [0.4, 0.5) is 0 Å². The third-order valence-corrected chi connectivity index (χ3v) is 10.6. The Balaban J connectivity index is 1.88. The highest BCUT2D eigenvalue weighted by atomic mass is 28.4. The van der Waals surface area contributed by atoms with Crippen LogP contribution in [0, 0.1) is 0 Å². The molecule has 1 aliphatic rings. The van der Waals surface area contributed by atoms with Gasteiger partial charge in [-0.3, -0.25) is 0 Å². The van der Waals surface area contributed by atoms with Crippen LogP contribution in [-0.2, 0) is 14.0 Å². The SMILES string of the molecule is CC(C)(C)[Si](O[C@H]1CN[C@@H](COCC(=O)O)C1)(c1ccccc1)c1ccccc1. The van der Waals surface area contributed by atoms with Crippen LogP contribution in [0.1, 0.15) is 27.2 Å². The molecule has 0 saturated carbocycles. The minimum Gasteiger partial charge on any atom is -0.480 e. The van der Waals surface area contributed by atoms with Crippen molar-refractivity contribution in [3.63, 3.8) is 0 Å². The lowest BCUT2D eigenvalue weighted by atomic mass is 10.2. The van der Waals surface area contributed by atoms with Gasteiger partial charge < -0.3 is 19.6 Å². The number of hydrogen-bond acceptors (Lipinski definition) is 4. The maximum atomic E-state index is 10.7. The van der Waals surface area contributed by atoms with Gasteiger partial charge in [0, 0.05) is 12.6 Å². The molecule has 2 N–H and O–H groups in total. The fraction of sp³-hybridized carbons (Fsp3) is 0.435. The molecule has 156 valence electrons. The van der Waals surface area contributed by atoms with E-state index < -0.39 is 14.3 Å². The third-order valence-electron chi connectivity index (χ3n) is 5.49. The molecule has 0 radical (unpaired) electrons. The van der Waals surface area contributed by atoms with E-state index in [4.69, 9.17) is 14.3 Å². The van der Waals surface area contributed by atoms with Gasteiger partial charge >= 0.3 is 5.97 Å². The van der Waals surface area contributed by atoms with Crippen molar-refractivity contribution in [3.8, 4) is 0 Å². The fourth-order valence-corrected chi connectivity index (χ4v) is 8.92. The normalized spacial score (nSPS) is 20.0. The highest BCUT2D eigenvalue weighted by Crippen LogP contribution is 2.38. The van der Waals surface area contributed by atoms with Gasteiger partial charge in [0.05, 0.1) is 12.7 Å². The van der Waals surface area contributed by atoms with Crippen molar-refractivity contribution in [3.05, 3.63) is 60.7 Å². The first-order chi connectivity index (χ1) is 13.8. The van der Waals surface area contributed by atoms with Crippen molar-refractivity contribution in [2.75, 3.05) is 19.8 Å². The first kappa shape index (κ1) is 21.7. The molecule has 2 aromatic rings. The Morgan fingerprint density at radius 2 is 1.62 bits per heavy atom. The second-order valence-electron chi connectivity index (χ2n) is 8.65. The van der Waals surface area contributed by atoms with E-state index in [1.807, 2.05) is 12.1 Å². The Hall–Kier alpha value is -1.99. The van der Waals surface area contributed by atoms with E-state index >= 15 is 0 Å². The number of hydrogen-bond donors (Lipinski definition) is 2. The maximum Gasteiger partial charge on any atom is 0.329 e. The Morgan fingerprint density at radius 3 is 2.10 bits per heavy atom. The lowest BCUT2D eigenvalue weighted by Crippen LogP contribution is -2.67. The van der Waals surface area contributed by atoms with Gasteiger partial charge in [-0.1, -0.05) is 81.4 Å². The third kappa shape index (κ3) is 4.95. The molecule has 0 amide bonds. The largest absolute Gasteiger partial charge is 0.480 e. The average molecular weight is 414 g/mol. The summed E-state index contributed by atoms with van der Waals surface area (Å²) in [5.74, 6) is -0.942. The van der Waals surface area contributed by atoms with Crippen LogP contribution < -0.4 is 15.7 Å². The van der Waals surface area contributed by atoms with Gasteiger partial charge in [-0.05, 0) is 21.8 Å². The molecule has 2 atom stereocenters. The summed E-state index contributed by atoms with van der Waals surface area (Å²) in [5.41, 5.74) is 0. The van der Waals surface area contributed by atoms with Crippen LogP contribution in [0.3, 0.4) is 0 Å². The quantitative estimate of drug-likeness (QED) is 0.651. The van der Waals surface area contributed by atoms with Crippen molar-refractivity contribution in [1.29, 1.82) is 0 Å². The number of carboxylic acid groups (broad SMARTS) is 1. The molecule has 6 heteroatoms. The van der Waals surface area contributed by atoms with Crippen LogP contribution in [0.2, 0.25) is 5.04 Å². The lowest BCUT2D eigenvalue weighted by molar-refractivity contribution is -0.142. The molecule has 0 bridgehead atoms. The molecule has 1 saturated heterocycles. The lowest BCUT2D eigenvalue weighted by Gasteiger charge is -2.44. The number of carbonyl (C=O) groups is 1. The number of carboxylic acids is 1. The van der Waals surface area contributed by atoms with E-state index in [1.54, 1.807) is 0 Å². The van der Waals surface area contributed by atoms with Gasteiger partial charge in [0.15, 0.2) is 0 Å². The number of ether oxygens (including phenoxy) is 1. The minimum atomic E-state index is -2.57. The highest BCUT2D eigenvalue weighted by molar-refractivity contribution is 6.99. The molecule has 2 aromatic carbocycles. The van der Waals surface area contributed by atoms with Crippen molar-refractivity contribution in [2.24, 2.45) is 0 Å². The Kier molecular flexibility index (Phi) is 6.90. The standard InChI is InChI=1S/C23H31NO4Si/c1-23(2,3)29(20-10-6-4-7-11-20,21-12-8-5-9-13-21)28-19-14-18(24-15-19)16-27-17-22(25)26/h4-13,18-19,24H,14-17H2,1-3H3,(H,25,26)/t18-,19-/m1/s1. The van der Waals surface area contributed by atoms with Gasteiger partial charge in [0.2, 0.25) is 0 Å². The van der Waals surface area contributed by atoms with Gasteiger partial charge in [0.25, 0.3) is 8.32 Å². The van der Waals surface area contributed by atoms with E-state index in [0.29, 0.717) is 6.61 Å². The van der Waals surface area contributed by atoms with Gasteiger partial charge in [-0.25, -0.2) is 4.79 Å². The summed E-state index contributed by atoms with van der Waals surface area (Å²) in [7, 11) is -2.57. The zero-order valence-electron chi connectivity index (χ0n) is 17.4. The van der Waals surface area contributed by atoms with Crippen LogP contribution in [-0.4, -0.2) is 51.3 Å². The number of rotatable bonds is 8. The van der Waals surface area contributed by atoms with Gasteiger partial charge in [0.1, 0.15) is 6.61 Å². The summed E-state index contributed by atoms with van der Waals surface area (Å²) in [6.07, 6.45) is 0.865. The molecule has 29 heavy (non-hydrogen) atoms. The Bertz CT molecular complexity index is 752. The number of nitrogens with one attached hydrogen (secondary N) is 1. The first-order valence-corrected chi connectivity index (χ1v) is 12.1. The molecule has 1 aliphatic heterocycles. The summed E-state index contributed by atoms with van der Waals surface area (Å²) in [5, 5.41) is 14.7. The number of aliphatic carboxylic acids is 1. The van der Waals surface area contributed by atoms with Crippen LogP contribution in [0.25, 0.3) is 0 Å². The summed E-state index contributed by atoms with van der Waals surface area (Å²) in [6.45, 7) is 7.68. The van der Waals surface area contributed by atoms with Crippen molar-refractivity contribution in [2.45, 2.75) is 44.4 Å². The molecular weight excluding hydrogens is 382 g/mol. The monoisotopic (exact) mass is 413 g/mol.